The Morgan fingerprint density at radius 2 is 1.92 bits per heavy atom. The van der Waals surface area contributed by atoms with Gasteiger partial charge in [-0.15, -0.1) is 18.8 Å². The van der Waals surface area contributed by atoms with E-state index in [9.17, 15) is 4.79 Å². The molecule has 2 atom stereocenters. The molecule has 0 bridgehead atoms. The number of allylic oxidation sites excluding steroid dienone is 1. The second-order valence-corrected chi connectivity index (χ2v) is 6.23. The highest BCUT2D eigenvalue weighted by molar-refractivity contribution is 6.30. The van der Waals surface area contributed by atoms with Gasteiger partial charge in [0.05, 0.1) is 5.92 Å². The first-order valence-corrected chi connectivity index (χ1v) is 8.36. The minimum Gasteiger partial charge on any atom is -0.444 e. The van der Waals surface area contributed by atoms with Gasteiger partial charge in [0.25, 0.3) is 0 Å². The lowest BCUT2D eigenvalue weighted by Crippen LogP contribution is -2.26. The van der Waals surface area contributed by atoms with E-state index in [0.29, 0.717) is 17.9 Å². The zero-order valence-corrected chi connectivity index (χ0v) is 15.1. The van der Waals surface area contributed by atoms with Gasteiger partial charge in [-0.25, -0.2) is 0 Å². The maximum absolute atomic E-state index is 12.7. The van der Waals surface area contributed by atoms with E-state index in [1.165, 1.54) is 0 Å². The Labute approximate surface area is 150 Å². The molecule has 0 aliphatic rings. The molecule has 126 valence electrons. The molecule has 2 unspecified atom stereocenters. The average molecular weight is 343 g/mol. The van der Waals surface area contributed by atoms with Crippen LogP contribution in [-0.2, 0) is 9.53 Å². The van der Waals surface area contributed by atoms with Gasteiger partial charge in [-0.1, -0.05) is 56.5 Å². The monoisotopic (exact) mass is 342 g/mol. The minimum atomic E-state index is -0.690. The number of halogens is 1. The van der Waals surface area contributed by atoms with Crippen LogP contribution in [0.15, 0.2) is 35.9 Å². The lowest BCUT2D eigenvalue weighted by Gasteiger charge is -2.23. The number of terminal acetylenes is 2. The quantitative estimate of drug-likeness (QED) is 0.396. The van der Waals surface area contributed by atoms with Crippen molar-refractivity contribution in [3.8, 4) is 24.7 Å². The Morgan fingerprint density at radius 1 is 1.29 bits per heavy atom. The molecule has 0 amide bonds. The Balaban J connectivity index is 3.01. The lowest BCUT2D eigenvalue weighted by molar-refractivity contribution is -0.148. The van der Waals surface area contributed by atoms with Gasteiger partial charge in [0.15, 0.2) is 6.10 Å². The van der Waals surface area contributed by atoms with Crippen LogP contribution < -0.4 is 0 Å². The molecule has 0 aliphatic carbocycles. The van der Waals surface area contributed by atoms with Crippen molar-refractivity contribution < 1.29 is 9.53 Å². The summed E-state index contributed by atoms with van der Waals surface area (Å²) in [5.74, 6) is 4.41. The summed E-state index contributed by atoms with van der Waals surface area (Å²) in [4.78, 5) is 12.7. The van der Waals surface area contributed by atoms with Gasteiger partial charge < -0.3 is 4.74 Å². The van der Waals surface area contributed by atoms with E-state index in [-0.39, 0.29) is 11.9 Å². The van der Waals surface area contributed by atoms with Crippen LogP contribution in [-0.4, -0.2) is 12.1 Å². The molecule has 2 nitrogen and oxygen atoms in total. The van der Waals surface area contributed by atoms with Gasteiger partial charge in [-0.3, -0.25) is 4.79 Å². The van der Waals surface area contributed by atoms with E-state index in [0.717, 1.165) is 11.1 Å². The van der Waals surface area contributed by atoms with Crippen LogP contribution in [0.4, 0.5) is 0 Å². The largest absolute Gasteiger partial charge is 0.444 e. The lowest BCUT2D eigenvalue weighted by atomic mass is 9.88. The molecule has 0 saturated heterocycles. The van der Waals surface area contributed by atoms with Crippen LogP contribution in [0.25, 0.3) is 0 Å². The van der Waals surface area contributed by atoms with Crippen molar-refractivity contribution in [3.05, 3.63) is 46.5 Å². The van der Waals surface area contributed by atoms with E-state index in [4.69, 9.17) is 29.2 Å². The first kappa shape index (κ1) is 19.9. The number of rotatable bonds is 7. The molecule has 0 saturated carbocycles. The van der Waals surface area contributed by atoms with Gasteiger partial charge in [-0.05, 0) is 35.6 Å². The van der Waals surface area contributed by atoms with Gasteiger partial charge in [0.1, 0.15) is 0 Å². The van der Waals surface area contributed by atoms with Gasteiger partial charge in [0, 0.05) is 11.4 Å². The third-order valence-electron chi connectivity index (χ3n) is 3.76. The summed E-state index contributed by atoms with van der Waals surface area (Å²) < 4.78 is 5.61. The summed E-state index contributed by atoms with van der Waals surface area (Å²) in [5, 5.41) is 0.626. The normalized spacial score (nSPS) is 13.7. The van der Waals surface area contributed by atoms with Crippen LogP contribution in [0.3, 0.4) is 0 Å². The highest BCUT2D eigenvalue weighted by atomic mass is 35.5. The number of ether oxygens (including phenoxy) is 1. The third kappa shape index (κ3) is 5.48. The Bertz CT molecular complexity index is 657. The molecule has 3 heteroatoms. The van der Waals surface area contributed by atoms with Crippen molar-refractivity contribution in [2.45, 2.75) is 45.6 Å². The number of hydrogen-bond donors (Lipinski definition) is 0. The third-order valence-corrected chi connectivity index (χ3v) is 4.01. The SMILES string of the molecule is C#CC/C=C(\CC)C(C#C)OC(=O)C(c1ccc(Cl)cc1)C(C)C. The number of esters is 1. The van der Waals surface area contributed by atoms with E-state index < -0.39 is 12.0 Å². The van der Waals surface area contributed by atoms with E-state index in [2.05, 4.69) is 11.8 Å². The number of carbonyl (C=O) groups is 1. The fraction of sp³-hybridized carbons (Fsp3) is 0.381. The summed E-state index contributed by atoms with van der Waals surface area (Å²) in [6, 6.07) is 7.22. The Hall–Kier alpha value is -2.16. The van der Waals surface area contributed by atoms with Gasteiger partial charge in [-0.2, -0.15) is 0 Å². The fourth-order valence-corrected chi connectivity index (χ4v) is 2.62. The molecular formula is C21H23ClO2. The summed E-state index contributed by atoms with van der Waals surface area (Å²) >= 11 is 5.92. The van der Waals surface area contributed by atoms with E-state index in [1.807, 2.05) is 39.0 Å². The van der Waals surface area contributed by atoms with Crippen molar-refractivity contribution in [2.75, 3.05) is 0 Å². The minimum absolute atomic E-state index is 0.0665. The zero-order valence-electron chi connectivity index (χ0n) is 14.4. The van der Waals surface area contributed by atoms with Crippen LogP contribution in [0.1, 0.15) is 45.1 Å². The average Bonchev–Trinajstić information content (AvgIpc) is 2.56. The highest BCUT2D eigenvalue weighted by Gasteiger charge is 2.28. The van der Waals surface area contributed by atoms with Crippen LogP contribution >= 0.6 is 11.6 Å². The molecule has 0 aliphatic heterocycles. The molecule has 0 heterocycles. The second kappa shape index (κ2) is 9.86. The number of benzene rings is 1. The zero-order chi connectivity index (χ0) is 18.1. The topological polar surface area (TPSA) is 26.3 Å². The van der Waals surface area contributed by atoms with Crippen molar-refractivity contribution in [1.29, 1.82) is 0 Å². The van der Waals surface area contributed by atoms with Crippen molar-refractivity contribution in [2.24, 2.45) is 5.92 Å². The summed E-state index contributed by atoms with van der Waals surface area (Å²) in [7, 11) is 0. The standard InChI is InChI=1S/C21H23ClO2/c1-6-9-10-16(7-2)19(8-3)24-21(23)20(15(4)5)17-11-13-18(22)14-12-17/h1,3,10-15,19-20H,7,9H2,2,4-5H3/b16-10+. The first-order valence-electron chi connectivity index (χ1n) is 7.99. The maximum atomic E-state index is 12.7. The summed E-state index contributed by atoms with van der Waals surface area (Å²) in [5.41, 5.74) is 1.71. The molecule has 1 aromatic rings. The summed E-state index contributed by atoms with van der Waals surface area (Å²) in [6.07, 6.45) is 13.2. The van der Waals surface area contributed by atoms with Crippen LogP contribution in [0.5, 0.6) is 0 Å². The van der Waals surface area contributed by atoms with Crippen molar-refractivity contribution >= 4 is 17.6 Å². The molecular weight excluding hydrogens is 320 g/mol. The summed E-state index contributed by atoms with van der Waals surface area (Å²) in [6.45, 7) is 5.90. The van der Waals surface area contributed by atoms with Crippen molar-refractivity contribution in [1.82, 2.24) is 0 Å². The van der Waals surface area contributed by atoms with Crippen molar-refractivity contribution in [3.63, 3.8) is 0 Å². The van der Waals surface area contributed by atoms with Crippen LogP contribution in [0.2, 0.25) is 5.02 Å². The van der Waals surface area contributed by atoms with Gasteiger partial charge >= 0.3 is 5.97 Å². The number of hydrogen-bond acceptors (Lipinski definition) is 2. The van der Waals surface area contributed by atoms with Gasteiger partial charge in [0.2, 0.25) is 0 Å². The van der Waals surface area contributed by atoms with E-state index >= 15 is 0 Å². The molecule has 0 aromatic heterocycles. The Morgan fingerprint density at radius 3 is 2.38 bits per heavy atom. The maximum Gasteiger partial charge on any atom is 0.315 e. The fourth-order valence-electron chi connectivity index (χ4n) is 2.50. The molecule has 24 heavy (non-hydrogen) atoms. The first-order chi connectivity index (χ1) is 11.4. The Kier molecular flexibility index (Phi) is 8.17. The predicted octanol–water partition coefficient (Wildman–Crippen LogP) is 4.98. The number of carbonyl (C=O) groups excluding carboxylic acids is 1. The molecule has 1 rings (SSSR count). The predicted molar refractivity (Wildman–Crippen MR) is 99.6 cm³/mol. The smallest absolute Gasteiger partial charge is 0.315 e. The molecule has 0 fully saturated rings. The molecule has 0 radical (unpaired) electrons. The van der Waals surface area contributed by atoms with Crippen LogP contribution in [0, 0.1) is 30.6 Å². The molecule has 0 spiro atoms. The van der Waals surface area contributed by atoms with E-state index in [1.54, 1.807) is 12.1 Å². The highest BCUT2D eigenvalue weighted by Crippen LogP contribution is 2.28. The molecule has 0 N–H and O–H groups in total. The molecule has 1 aromatic carbocycles. The second-order valence-electron chi connectivity index (χ2n) is 5.80.